The van der Waals surface area contributed by atoms with Gasteiger partial charge in [-0.25, -0.2) is 13.9 Å². The second kappa shape index (κ2) is 7.34. The van der Waals surface area contributed by atoms with E-state index in [0.717, 1.165) is 17.6 Å². The molecule has 4 aromatic rings. The van der Waals surface area contributed by atoms with Crippen molar-refractivity contribution >= 4 is 11.4 Å². The van der Waals surface area contributed by atoms with Gasteiger partial charge in [0, 0.05) is 49.6 Å². The number of benzene rings is 1. The smallest absolute Gasteiger partial charge is 0.236 e. The van der Waals surface area contributed by atoms with Crippen LogP contribution in [0.2, 0.25) is 0 Å². The Hall–Kier alpha value is -3.59. The SMILES string of the molecule is Cn1cc(-c2cn3nccc3c(-c3ccc(CN4CCNCC4=O)c(F)c3)n2)cn1. The lowest BCUT2D eigenvalue weighted by molar-refractivity contribution is -0.132. The Labute approximate surface area is 171 Å². The van der Waals surface area contributed by atoms with E-state index in [1.807, 2.05) is 31.6 Å². The number of aromatic nitrogens is 5. The van der Waals surface area contributed by atoms with Crippen LogP contribution in [-0.4, -0.2) is 54.8 Å². The molecule has 1 fully saturated rings. The van der Waals surface area contributed by atoms with Gasteiger partial charge in [-0.15, -0.1) is 0 Å². The number of amides is 1. The Morgan fingerprint density at radius 2 is 2.07 bits per heavy atom. The van der Waals surface area contributed by atoms with Crippen LogP contribution in [0.3, 0.4) is 0 Å². The molecule has 1 aliphatic rings. The van der Waals surface area contributed by atoms with Gasteiger partial charge >= 0.3 is 0 Å². The number of rotatable bonds is 4. The van der Waals surface area contributed by atoms with Crippen LogP contribution in [0.25, 0.3) is 28.0 Å². The van der Waals surface area contributed by atoms with Gasteiger partial charge in [0.05, 0.1) is 42.0 Å². The van der Waals surface area contributed by atoms with E-state index in [1.165, 1.54) is 6.07 Å². The molecular weight excluding hydrogens is 385 g/mol. The molecule has 152 valence electrons. The third kappa shape index (κ3) is 3.33. The minimum Gasteiger partial charge on any atom is -0.336 e. The first-order valence-corrected chi connectivity index (χ1v) is 9.69. The van der Waals surface area contributed by atoms with Crippen molar-refractivity contribution in [1.29, 1.82) is 0 Å². The van der Waals surface area contributed by atoms with E-state index < -0.39 is 0 Å². The monoisotopic (exact) mass is 405 g/mol. The molecule has 1 saturated heterocycles. The molecule has 8 nitrogen and oxygen atoms in total. The summed E-state index contributed by atoms with van der Waals surface area (Å²) in [6, 6.07) is 6.89. The van der Waals surface area contributed by atoms with Gasteiger partial charge in [0.2, 0.25) is 5.91 Å². The normalized spacial score (nSPS) is 14.6. The van der Waals surface area contributed by atoms with Crippen LogP contribution >= 0.6 is 0 Å². The first-order valence-electron chi connectivity index (χ1n) is 9.69. The number of carbonyl (C=O) groups is 1. The number of carbonyl (C=O) groups excluding carboxylic acids is 1. The van der Waals surface area contributed by atoms with Gasteiger partial charge in [-0.2, -0.15) is 10.2 Å². The summed E-state index contributed by atoms with van der Waals surface area (Å²) >= 11 is 0. The van der Waals surface area contributed by atoms with Crippen molar-refractivity contribution in [3.05, 3.63) is 60.4 Å². The fraction of sp³-hybridized carbons (Fsp3) is 0.238. The first-order chi connectivity index (χ1) is 14.6. The topological polar surface area (TPSA) is 80.4 Å². The minimum absolute atomic E-state index is 0.0171. The molecule has 0 unspecified atom stereocenters. The molecule has 1 amide bonds. The highest BCUT2D eigenvalue weighted by molar-refractivity contribution is 5.80. The first kappa shape index (κ1) is 18.4. The van der Waals surface area contributed by atoms with Crippen LogP contribution in [0.4, 0.5) is 4.39 Å². The maximum Gasteiger partial charge on any atom is 0.236 e. The van der Waals surface area contributed by atoms with E-state index in [-0.39, 0.29) is 18.3 Å². The standard InChI is InChI=1S/C21H20FN7O/c1-27-11-16(9-25-27)18-13-29-19(4-5-24-29)21(26-18)14-2-3-15(17(22)8-14)12-28-7-6-23-10-20(28)30/h2-5,8-9,11,13,23H,6-7,10,12H2,1H3. The zero-order valence-corrected chi connectivity index (χ0v) is 16.4. The maximum atomic E-state index is 15.0. The molecule has 0 saturated carbocycles. The highest BCUT2D eigenvalue weighted by Gasteiger charge is 2.20. The summed E-state index contributed by atoms with van der Waals surface area (Å²) in [5.74, 6) is -0.374. The largest absolute Gasteiger partial charge is 0.336 e. The molecule has 0 bridgehead atoms. The summed E-state index contributed by atoms with van der Waals surface area (Å²) in [4.78, 5) is 18.4. The van der Waals surface area contributed by atoms with E-state index >= 15 is 0 Å². The fourth-order valence-electron chi connectivity index (χ4n) is 3.67. The molecular formula is C21H20FN7O. The summed E-state index contributed by atoms with van der Waals surface area (Å²) in [6.45, 7) is 1.85. The number of hydrogen-bond donors (Lipinski definition) is 1. The van der Waals surface area contributed by atoms with Gasteiger partial charge in [-0.05, 0) is 12.1 Å². The molecule has 9 heteroatoms. The molecule has 4 heterocycles. The molecule has 5 rings (SSSR count). The lowest BCUT2D eigenvalue weighted by Gasteiger charge is -2.27. The van der Waals surface area contributed by atoms with Gasteiger partial charge in [-0.1, -0.05) is 12.1 Å². The van der Waals surface area contributed by atoms with Crippen LogP contribution in [0.1, 0.15) is 5.56 Å². The number of nitrogens with one attached hydrogen (secondary N) is 1. The van der Waals surface area contributed by atoms with Gasteiger partial charge < -0.3 is 10.2 Å². The van der Waals surface area contributed by atoms with E-state index in [2.05, 4.69) is 15.5 Å². The molecule has 1 N–H and O–H groups in total. The van der Waals surface area contributed by atoms with Crippen molar-refractivity contribution < 1.29 is 9.18 Å². The highest BCUT2D eigenvalue weighted by Crippen LogP contribution is 2.28. The highest BCUT2D eigenvalue weighted by atomic mass is 19.1. The number of halogens is 1. The lowest BCUT2D eigenvalue weighted by Crippen LogP contribution is -2.47. The molecule has 0 aliphatic carbocycles. The number of fused-ring (bicyclic) bond motifs is 1. The zero-order chi connectivity index (χ0) is 20.7. The summed E-state index contributed by atoms with van der Waals surface area (Å²) in [5.41, 5.74) is 4.11. The third-order valence-electron chi connectivity index (χ3n) is 5.27. The van der Waals surface area contributed by atoms with Gasteiger partial charge in [-0.3, -0.25) is 9.48 Å². The van der Waals surface area contributed by atoms with E-state index in [4.69, 9.17) is 4.98 Å². The van der Waals surface area contributed by atoms with Gasteiger partial charge in [0.1, 0.15) is 5.82 Å². The molecule has 1 aliphatic heterocycles. The molecule has 0 radical (unpaired) electrons. The van der Waals surface area contributed by atoms with Crippen LogP contribution in [0.5, 0.6) is 0 Å². The fourth-order valence-corrected chi connectivity index (χ4v) is 3.67. The van der Waals surface area contributed by atoms with Crippen molar-refractivity contribution in [3.8, 4) is 22.5 Å². The van der Waals surface area contributed by atoms with E-state index in [9.17, 15) is 9.18 Å². The molecule has 3 aromatic heterocycles. The average molecular weight is 405 g/mol. The lowest BCUT2D eigenvalue weighted by atomic mass is 10.1. The predicted molar refractivity (Wildman–Crippen MR) is 109 cm³/mol. The number of piperazine rings is 1. The zero-order valence-electron chi connectivity index (χ0n) is 16.4. The summed E-state index contributed by atoms with van der Waals surface area (Å²) in [5, 5.41) is 11.6. The predicted octanol–water partition coefficient (Wildman–Crippen LogP) is 1.87. The summed E-state index contributed by atoms with van der Waals surface area (Å²) in [6.07, 6.45) is 7.12. The third-order valence-corrected chi connectivity index (χ3v) is 5.27. The average Bonchev–Trinajstić information content (AvgIpc) is 3.39. The van der Waals surface area contributed by atoms with Crippen molar-refractivity contribution in [2.75, 3.05) is 19.6 Å². The van der Waals surface area contributed by atoms with Crippen LogP contribution in [0.15, 0.2) is 49.1 Å². The quantitative estimate of drug-likeness (QED) is 0.561. The van der Waals surface area contributed by atoms with Gasteiger partial charge in [0.15, 0.2) is 0 Å². The van der Waals surface area contributed by atoms with Crippen LogP contribution < -0.4 is 5.32 Å². The Bertz CT molecular complexity index is 1250. The molecule has 0 atom stereocenters. The number of hydrogen-bond acceptors (Lipinski definition) is 5. The van der Waals surface area contributed by atoms with Crippen molar-refractivity contribution in [3.63, 3.8) is 0 Å². The number of nitrogens with zero attached hydrogens (tertiary/aromatic N) is 6. The Kier molecular flexibility index (Phi) is 4.51. The summed E-state index contributed by atoms with van der Waals surface area (Å²) < 4.78 is 18.4. The van der Waals surface area contributed by atoms with Crippen LogP contribution in [0, 0.1) is 5.82 Å². The molecule has 30 heavy (non-hydrogen) atoms. The second-order valence-electron chi connectivity index (χ2n) is 7.34. The Morgan fingerprint density at radius 1 is 1.17 bits per heavy atom. The van der Waals surface area contributed by atoms with Crippen molar-refractivity contribution in [2.45, 2.75) is 6.54 Å². The van der Waals surface area contributed by atoms with Crippen molar-refractivity contribution in [2.24, 2.45) is 7.05 Å². The van der Waals surface area contributed by atoms with Crippen molar-refractivity contribution in [1.82, 2.24) is 34.6 Å². The number of aryl methyl sites for hydroxylation is 1. The van der Waals surface area contributed by atoms with Gasteiger partial charge in [0.25, 0.3) is 0 Å². The maximum absolute atomic E-state index is 15.0. The Morgan fingerprint density at radius 3 is 2.83 bits per heavy atom. The van der Waals surface area contributed by atoms with Crippen LogP contribution in [-0.2, 0) is 18.4 Å². The molecule has 0 spiro atoms. The summed E-state index contributed by atoms with van der Waals surface area (Å²) in [7, 11) is 1.84. The molecule has 1 aromatic carbocycles. The Balaban J connectivity index is 1.53. The van der Waals surface area contributed by atoms with E-state index in [0.29, 0.717) is 35.6 Å². The van der Waals surface area contributed by atoms with E-state index in [1.54, 1.807) is 32.6 Å². The minimum atomic E-state index is -0.356. The second-order valence-corrected chi connectivity index (χ2v) is 7.34.